The lowest BCUT2D eigenvalue weighted by atomic mass is 10.1. The van der Waals surface area contributed by atoms with Crippen LogP contribution in [0.3, 0.4) is 0 Å². The quantitative estimate of drug-likeness (QED) is 0.287. The number of hydrogen-bond donors (Lipinski definition) is 4. The van der Waals surface area contributed by atoms with Crippen molar-refractivity contribution in [3.63, 3.8) is 0 Å². The highest BCUT2D eigenvalue weighted by atomic mass is 16.6. The van der Waals surface area contributed by atoms with Gasteiger partial charge in [-0.2, -0.15) is 0 Å². The number of anilines is 1. The number of aliphatic imine (C=N–C) groups is 1. The van der Waals surface area contributed by atoms with Crippen LogP contribution in [-0.4, -0.2) is 43.2 Å². The van der Waals surface area contributed by atoms with Gasteiger partial charge in [-0.1, -0.05) is 25.0 Å². The number of carbonyl (C=O) groups excluding carboxylic acids is 2. The third-order valence-corrected chi connectivity index (χ3v) is 4.77. The number of benzene rings is 1. The molecule has 1 aromatic carbocycles. The lowest BCUT2D eigenvalue weighted by Crippen LogP contribution is -2.42. The average Bonchev–Trinajstić information content (AvgIpc) is 3.23. The summed E-state index contributed by atoms with van der Waals surface area (Å²) in [5, 5.41) is 12.1. The topological polar surface area (TPSA) is 104 Å². The van der Waals surface area contributed by atoms with Crippen molar-refractivity contribution < 1.29 is 14.3 Å². The van der Waals surface area contributed by atoms with E-state index >= 15 is 0 Å². The van der Waals surface area contributed by atoms with E-state index in [1.54, 1.807) is 0 Å². The van der Waals surface area contributed by atoms with Crippen molar-refractivity contribution in [2.75, 3.05) is 25.0 Å². The van der Waals surface area contributed by atoms with E-state index in [1.807, 2.05) is 52.0 Å². The van der Waals surface area contributed by atoms with Gasteiger partial charge in [0.05, 0.1) is 6.54 Å². The van der Waals surface area contributed by atoms with Crippen LogP contribution in [-0.2, 0) is 16.1 Å². The third kappa shape index (κ3) is 9.72. The summed E-state index contributed by atoms with van der Waals surface area (Å²) < 4.78 is 5.22. The highest BCUT2D eigenvalue weighted by Gasteiger charge is 2.22. The summed E-state index contributed by atoms with van der Waals surface area (Å²) in [6.45, 7) is 9.62. The smallest absolute Gasteiger partial charge is 0.407 e. The van der Waals surface area contributed by atoms with Crippen LogP contribution in [0.5, 0.6) is 0 Å². The zero-order valence-corrected chi connectivity index (χ0v) is 19.2. The molecular formula is C23H37N5O3. The minimum absolute atomic E-state index is 0.116. The van der Waals surface area contributed by atoms with E-state index < -0.39 is 11.7 Å². The van der Waals surface area contributed by atoms with Crippen molar-refractivity contribution in [1.82, 2.24) is 16.0 Å². The van der Waals surface area contributed by atoms with E-state index in [0.717, 1.165) is 43.5 Å². The number of nitrogens with zero attached hydrogens (tertiary/aromatic N) is 1. The summed E-state index contributed by atoms with van der Waals surface area (Å²) in [5.74, 6) is 0.917. The van der Waals surface area contributed by atoms with Crippen molar-refractivity contribution >= 4 is 23.6 Å². The molecular weight excluding hydrogens is 394 g/mol. The highest BCUT2D eigenvalue weighted by molar-refractivity contribution is 5.92. The summed E-state index contributed by atoms with van der Waals surface area (Å²) >= 11 is 0. The molecule has 0 aliphatic heterocycles. The second-order valence-electron chi connectivity index (χ2n) is 8.72. The predicted octanol–water partition coefficient (Wildman–Crippen LogP) is 3.40. The van der Waals surface area contributed by atoms with Gasteiger partial charge >= 0.3 is 6.09 Å². The molecule has 1 saturated carbocycles. The molecule has 0 bridgehead atoms. The molecule has 172 valence electrons. The van der Waals surface area contributed by atoms with Gasteiger partial charge in [-0.05, 0) is 58.2 Å². The predicted molar refractivity (Wildman–Crippen MR) is 124 cm³/mol. The van der Waals surface area contributed by atoms with Gasteiger partial charge in [-0.15, -0.1) is 0 Å². The first-order chi connectivity index (χ1) is 14.8. The molecule has 1 fully saturated rings. The van der Waals surface area contributed by atoms with Crippen LogP contribution >= 0.6 is 0 Å². The number of rotatable bonds is 8. The number of ether oxygens (including phenoxy) is 1. The van der Waals surface area contributed by atoms with Crippen molar-refractivity contribution in [2.24, 2.45) is 10.9 Å². The number of alkyl carbamates (subject to hydrolysis) is 1. The molecule has 2 rings (SSSR count). The summed E-state index contributed by atoms with van der Waals surface area (Å²) in [6.07, 6.45) is 3.81. The van der Waals surface area contributed by atoms with Crippen LogP contribution < -0.4 is 21.3 Å². The van der Waals surface area contributed by atoms with Gasteiger partial charge in [0.1, 0.15) is 5.60 Å². The maximum Gasteiger partial charge on any atom is 0.407 e. The SMILES string of the molecule is CCNC(=NCc1cccc(NC(=O)C2CCCC2)c1)NCCNC(=O)OC(C)(C)C. The largest absolute Gasteiger partial charge is 0.444 e. The van der Waals surface area contributed by atoms with Crippen molar-refractivity contribution in [2.45, 2.75) is 65.5 Å². The van der Waals surface area contributed by atoms with Crippen LogP contribution in [0.25, 0.3) is 0 Å². The van der Waals surface area contributed by atoms with E-state index in [-0.39, 0.29) is 11.8 Å². The van der Waals surface area contributed by atoms with Crippen molar-refractivity contribution in [1.29, 1.82) is 0 Å². The maximum atomic E-state index is 12.4. The Kier molecular flexibility index (Phi) is 9.62. The van der Waals surface area contributed by atoms with E-state index in [0.29, 0.717) is 25.6 Å². The number of carbonyl (C=O) groups is 2. The molecule has 0 saturated heterocycles. The monoisotopic (exact) mass is 431 g/mol. The average molecular weight is 432 g/mol. The Hall–Kier alpha value is -2.77. The summed E-state index contributed by atoms with van der Waals surface area (Å²) in [4.78, 5) is 28.6. The Balaban J connectivity index is 1.82. The molecule has 8 nitrogen and oxygen atoms in total. The molecule has 8 heteroatoms. The Morgan fingerprint density at radius 2 is 1.81 bits per heavy atom. The molecule has 31 heavy (non-hydrogen) atoms. The van der Waals surface area contributed by atoms with Crippen LogP contribution in [0.15, 0.2) is 29.3 Å². The molecule has 2 amide bonds. The number of nitrogens with one attached hydrogen (secondary N) is 4. The molecule has 1 aliphatic carbocycles. The van der Waals surface area contributed by atoms with Crippen molar-refractivity contribution in [3.05, 3.63) is 29.8 Å². The molecule has 0 radical (unpaired) electrons. The van der Waals surface area contributed by atoms with Gasteiger partial charge in [0.2, 0.25) is 5.91 Å². The second kappa shape index (κ2) is 12.2. The Morgan fingerprint density at radius 3 is 2.48 bits per heavy atom. The van der Waals surface area contributed by atoms with Gasteiger partial charge in [-0.25, -0.2) is 9.79 Å². The fourth-order valence-electron chi connectivity index (χ4n) is 3.35. The maximum absolute atomic E-state index is 12.4. The van der Waals surface area contributed by atoms with E-state index in [2.05, 4.69) is 26.3 Å². The molecule has 4 N–H and O–H groups in total. The molecule has 0 atom stereocenters. The fourth-order valence-corrected chi connectivity index (χ4v) is 3.35. The molecule has 1 aromatic rings. The third-order valence-electron chi connectivity index (χ3n) is 4.77. The lowest BCUT2D eigenvalue weighted by Gasteiger charge is -2.19. The Bertz CT molecular complexity index is 752. The number of amides is 2. The Labute approximate surface area is 185 Å². The molecule has 0 spiro atoms. The first kappa shape index (κ1) is 24.5. The standard InChI is InChI=1S/C23H37N5O3/c1-5-24-21(25-13-14-26-22(30)31-23(2,3)4)27-16-17-9-8-12-19(15-17)28-20(29)18-10-6-7-11-18/h8-9,12,15,18H,5-7,10-11,13-14,16H2,1-4H3,(H,26,30)(H,28,29)(H2,24,25,27). The Morgan fingerprint density at radius 1 is 1.10 bits per heavy atom. The van der Waals surface area contributed by atoms with Gasteiger partial charge in [-0.3, -0.25) is 4.79 Å². The number of hydrogen-bond acceptors (Lipinski definition) is 4. The van der Waals surface area contributed by atoms with Gasteiger partial charge in [0, 0.05) is 31.2 Å². The molecule has 0 heterocycles. The van der Waals surface area contributed by atoms with E-state index in [4.69, 9.17) is 4.74 Å². The van der Waals surface area contributed by atoms with Crippen LogP contribution in [0.1, 0.15) is 58.9 Å². The summed E-state index contributed by atoms with van der Waals surface area (Å²) in [5.41, 5.74) is 1.30. The van der Waals surface area contributed by atoms with Gasteiger partial charge < -0.3 is 26.0 Å². The van der Waals surface area contributed by atoms with E-state index in [9.17, 15) is 9.59 Å². The summed E-state index contributed by atoms with van der Waals surface area (Å²) in [6, 6.07) is 7.79. The normalized spacial score (nSPS) is 14.8. The van der Waals surface area contributed by atoms with E-state index in [1.165, 1.54) is 0 Å². The summed E-state index contributed by atoms with van der Waals surface area (Å²) in [7, 11) is 0. The first-order valence-corrected chi connectivity index (χ1v) is 11.2. The fraction of sp³-hybridized carbons (Fsp3) is 0.609. The molecule has 0 aromatic heterocycles. The minimum atomic E-state index is -0.515. The van der Waals surface area contributed by atoms with Crippen LogP contribution in [0.4, 0.5) is 10.5 Å². The zero-order chi connectivity index (χ0) is 22.7. The zero-order valence-electron chi connectivity index (χ0n) is 19.2. The van der Waals surface area contributed by atoms with Crippen LogP contribution in [0.2, 0.25) is 0 Å². The van der Waals surface area contributed by atoms with Gasteiger partial charge in [0.15, 0.2) is 5.96 Å². The van der Waals surface area contributed by atoms with Gasteiger partial charge in [0.25, 0.3) is 0 Å². The number of guanidine groups is 1. The highest BCUT2D eigenvalue weighted by Crippen LogP contribution is 2.26. The lowest BCUT2D eigenvalue weighted by molar-refractivity contribution is -0.119. The first-order valence-electron chi connectivity index (χ1n) is 11.2. The van der Waals surface area contributed by atoms with Crippen LogP contribution in [0, 0.1) is 5.92 Å². The minimum Gasteiger partial charge on any atom is -0.444 e. The second-order valence-corrected chi connectivity index (χ2v) is 8.72. The van der Waals surface area contributed by atoms with Crippen molar-refractivity contribution in [3.8, 4) is 0 Å². The molecule has 1 aliphatic rings. The molecule has 0 unspecified atom stereocenters.